The summed E-state index contributed by atoms with van der Waals surface area (Å²) in [6.45, 7) is 0. The lowest BCUT2D eigenvalue weighted by molar-refractivity contribution is 0.104. The fourth-order valence-corrected chi connectivity index (χ4v) is 3.08. The molecule has 0 aliphatic rings. The molecule has 0 N–H and O–H groups in total. The summed E-state index contributed by atoms with van der Waals surface area (Å²) in [7, 11) is 3.53. The van der Waals surface area contributed by atoms with Gasteiger partial charge in [0.2, 0.25) is 5.78 Å². The molecule has 2 aromatic heterocycles. The van der Waals surface area contributed by atoms with Crippen molar-refractivity contribution in [2.75, 3.05) is 7.11 Å². The number of hydrogen-bond acceptors (Lipinski definition) is 3. The molecule has 0 saturated carbocycles. The zero-order valence-corrected chi connectivity index (χ0v) is 11.5. The highest BCUT2D eigenvalue weighted by Gasteiger charge is 2.20. The normalized spacial score (nSPS) is 10.8. The third-order valence-corrected chi connectivity index (χ3v) is 4.09. The first-order chi connectivity index (χ1) is 9.22. The number of hydrogen-bond donors (Lipinski definition) is 0. The lowest BCUT2D eigenvalue weighted by Gasteiger charge is -2.00. The van der Waals surface area contributed by atoms with E-state index in [9.17, 15) is 4.79 Å². The number of nitrogens with zero attached hydrogens (tertiary/aromatic N) is 1. The molecule has 19 heavy (non-hydrogen) atoms. The van der Waals surface area contributed by atoms with Crippen molar-refractivity contribution in [1.82, 2.24) is 4.57 Å². The maximum Gasteiger partial charge on any atom is 0.208 e. The molecule has 0 spiro atoms. The minimum Gasteiger partial charge on any atom is -0.495 e. The molecule has 1 aromatic carbocycles. The van der Waals surface area contributed by atoms with Gasteiger partial charge in [-0.25, -0.2) is 0 Å². The van der Waals surface area contributed by atoms with Crippen LogP contribution in [0.3, 0.4) is 0 Å². The van der Waals surface area contributed by atoms with Gasteiger partial charge in [-0.3, -0.25) is 4.79 Å². The first-order valence-electron chi connectivity index (χ1n) is 5.92. The molecule has 3 rings (SSSR count). The van der Waals surface area contributed by atoms with Gasteiger partial charge in [-0.05, 0) is 17.5 Å². The number of carbonyl (C=O) groups excluding carboxylic acids is 1. The van der Waals surface area contributed by atoms with E-state index in [1.54, 1.807) is 7.11 Å². The molecule has 0 saturated heterocycles. The number of aryl methyl sites for hydroxylation is 1. The molecular formula is C15H13NO2S. The van der Waals surface area contributed by atoms with Gasteiger partial charge in [-0.2, -0.15) is 0 Å². The molecule has 0 bridgehead atoms. The molecular weight excluding hydrogens is 258 g/mol. The van der Waals surface area contributed by atoms with Crippen molar-refractivity contribution in [3.63, 3.8) is 0 Å². The Labute approximate surface area is 115 Å². The SMILES string of the molecule is COc1ccsc1C(=O)c1cn(C)c2ccccc12. The molecule has 0 atom stereocenters. The molecule has 0 unspecified atom stereocenters. The molecule has 4 heteroatoms. The predicted molar refractivity (Wildman–Crippen MR) is 77.2 cm³/mol. The Morgan fingerprint density at radius 1 is 1.26 bits per heavy atom. The number of aromatic nitrogens is 1. The quantitative estimate of drug-likeness (QED) is 0.683. The van der Waals surface area contributed by atoms with Crippen molar-refractivity contribution in [1.29, 1.82) is 0 Å². The molecule has 3 aromatic rings. The minimum atomic E-state index is 0.0173. The molecule has 0 aliphatic heterocycles. The van der Waals surface area contributed by atoms with Gasteiger partial charge < -0.3 is 9.30 Å². The van der Waals surface area contributed by atoms with E-state index in [0.717, 1.165) is 16.5 Å². The molecule has 0 aliphatic carbocycles. The van der Waals surface area contributed by atoms with E-state index >= 15 is 0 Å². The van der Waals surface area contributed by atoms with E-state index in [1.165, 1.54) is 11.3 Å². The summed E-state index contributed by atoms with van der Waals surface area (Å²) in [5.74, 6) is 0.659. The van der Waals surface area contributed by atoms with Gasteiger partial charge >= 0.3 is 0 Å². The summed E-state index contributed by atoms with van der Waals surface area (Å²) in [6.07, 6.45) is 1.88. The van der Waals surface area contributed by atoms with Crippen molar-refractivity contribution in [3.05, 3.63) is 52.3 Å². The highest BCUT2D eigenvalue weighted by Crippen LogP contribution is 2.30. The first kappa shape index (κ1) is 12.0. The van der Waals surface area contributed by atoms with Crippen LogP contribution in [0.15, 0.2) is 41.9 Å². The monoisotopic (exact) mass is 271 g/mol. The standard InChI is InChI=1S/C15H13NO2S/c1-16-9-11(10-5-3-4-6-12(10)16)14(17)15-13(18-2)7-8-19-15/h3-9H,1-2H3. The van der Waals surface area contributed by atoms with E-state index < -0.39 is 0 Å². The maximum absolute atomic E-state index is 12.6. The van der Waals surface area contributed by atoms with Crippen LogP contribution in [0.4, 0.5) is 0 Å². The van der Waals surface area contributed by atoms with Gasteiger partial charge in [-0.1, -0.05) is 18.2 Å². The smallest absolute Gasteiger partial charge is 0.208 e. The molecule has 2 heterocycles. The maximum atomic E-state index is 12.6. The number of para-hydroxylation sites is 1. The van der Waals surface area contributed by atoms with Crippen LogP contribution >= 0.6 is 11.3 Å². The van der Waals surface area contributed by atoms with Crippen molar-refractivity contribution in [3.8, 4) is 5.75 Å². The summed E-state index contributed by atoms with van der Waals surface area (Å²) in [4.78, 5) is 13.3. The molecule has 0 amide bonds. The second kappa shape index (κ2) is 4.55. The van der Waals surface area contributed by atoms with Crippen molar-refractivity contribution in [2.45, 2.75) is 0 Å². The fourth-order valence-electron chi connectivity index (χ4n) is 2.27. The number of thiophene rings is 1. The summed E-state index contributed by atoms with van der Waals surface area (Å²) in [5.41, 5.74) is 1.78. The predicted octanol–water partition coefficient (Wildman–Crippen LogP) is 3.48. The largest absolute Gasteiger partial charge is 0.495 e. The van der Waals surface area contributed by atoms with Crippen molar-refractivity contribution in [2.24, 2.45) is 7.05 Å². The summed E-state index contributed by atoms with van der Waals surface area (Å²) in [5, 5.41) is 2.85. The lowest BCUT2D eigenvalue weighted by atomic mass is 10.1. The third kappa shape index (κ3) is 1.85. The number of benzene rings is 1. The van der Waals surface area contributed by atoms with Crippen LogP contribution in [0.25, 0.3) is 10.9 Å². The van der Waals surface area contributed by atoms with E-state index in [2.05, 4.69) is 0 Å². The highest BCUT2D eigenvalue weighted by atomic mass is 32.1. The van der Waals surface area contributed by atoms with Gasteiger partial charge in [0.05, 0.1) is 7.11 Å². The molecule has 0 fully saturated rings. The number of fused-ring (bicyclic) bond motifs is 1. The second-order valence-corrected chi connectivity index (χ2v) is 5.23. The Kier molecular flexibility index (Phi) is 2.87. The Hall–Kier alpha value is -2.07. The van der Waals surface area contributed by atoms with Crippen LogP contribution in [0.1, 0.15) is 15.2 Å². The van der Waals surface area contributed by atoms with Crippen LogP contribution in [-0.2, 0) is 7.05 Å². The number of rotatable bonds is 3. The summed E-state index contributed by atoms with van der Waals surface area (Å²) >= 11 is 1.41. The Balaban J connectivity index is 2.17. The summed E-state index contributed by atoms with van der Waals surface area (Å²) in [6, 6.07) is 9.73. The van der Waals surface area contributed by atoms with Gasteiger partial charge in [0.15, 0.2) is 0 Å². The molecule has 96 valence electrons. The van der Waals surface area contributed by atoms with Crippen molar-refractivity contribution >= 4 is 28.0 Å². The van der Waals surface area contributed by atoms with E-state index in [0.29, 0.717) is 10.6 Å². The van der Waals surface area contributed by atoms with E-state index in [-0.39, 0.29) is 5.78 Å². The molecule has 3 nitrogen and oxygen atoms in total. The topological polar surface area (TPSA) is 31.2 Å². The third-order valence-electron chi connectivity index (χ3n) is 3.20. The van der Waals surface area contributed by atoms with Gasteiger partial charge in [-0.15, -0.1) is 11.3 Å². The Morgan fingerprint density at radius 2 is 2.05 bits per heavy atom. The van der Waals surface area contributed by atoms with Crippen LogP contribution in [0.5, 0.6) is 5.75 Å². The Morgan fingerprint density at radius 3 is 2.84 bits per heavy atom. The number of ether oxygens (including phenoxy) is 1. The molecule has 0 radical (unpaired) electrons. The van der Waals surface area contributed by atoms with Crippen LogP contribution in [0.2, 0.25) is 0 Å². The average molecular weight is 271 g/mol. The van der Waals surface area contributed by atoms with Crippen LogP contribution in [0, 0.1) is 0 Å². The zero-order chi connectivity index (χ0) is 13.4. The Bertz CT molecular complexity index is 754. The van der Waals surface area contributed by atoms with E-state index in [4.69, 9.17) is 4.74 Å². The van der Waals surface area contributed by atoms with Crippen molar-refractivity contribution < 1.29 is 9.53 Å². The fraction of sp³-hybridized carbons (Fsp3) is 0.133. The van der Waals surface area contributed by atoms with Crippen LogP contribution < -0.4 is 4.74 Å². The second-order valence-electron chi connectivity index (χ2n) is 4.32. The van der Waals surface area contributed by atoms with Crippen LogP contribution in [-0.4, -0.2) is 17.5 Å². The summed E-state index contributed by atoms with van der Waals surface area (Å²) < 4.78 is 7.20. The van der Waals surface area contributed by atoms with Gasteiger partial charge in [0.1, 0.15) is 10.6 Å². The van der Waals surface area contributed by atoms with Gasteiger partial charge in [0, 0.05) is 29.7 Å². The minimum absolute atomic E-state index is 0.0173. The van der Waals surface area contributed by atoms with Gasteiger partial charge in [0.25, 0.3) is 0 Å². The average Bonchev–Trinajstić information content (AvgIpc) is 3.03. The van der Waals surface area contributed by atoms with E-state index in [1.807, 2.05) is 53.5 Å². The lowest BCUT2D eigenvalue weighted by Crippen LogP contribution is -2.00. The number of carbonyl (C=O) groups is 1. The zero-order valence-electron chi connectivity index (χ0n) is 10.7. The highest BCUT2D eigenvalue weighted by molar-refractivity contribution is 7.12. The number of methoxy groups -OCH3 is 1. The first-order valence-corrected chi connectivity index (χ1v) is 6.80. The number of ketones is 1.